The number of rotatable bonds is 2. The van der Waals surface area contributed by atoms with Gasteiger partial charge >= 0.3 is 0 Å². The molecule has 2 rings (SSSR count). The van der Waals surface area contributed by atoms with E-state index in [0.29, 0.717) is 12.1 Å². The Morgan fingerprint density at radius 3 is 2.41 bits per heavy atom. The molecule has 0 aromatic carbocycles. The highest BCUT2D eigenvalue weighted by atomic mass is 15.3. The Balaban J connectivity index is 2.13. The Bertz CT molecular complexity index is 241. The normalized spacial score (nSPS) is 48.5. The topological polar surface area (TPSA) is 29.3 Å². The Labute approximate surface area is 107 Å². The van der Waals surface area contributed by atoms with E-state index in [1.165, 1.54) is 32.1 Å². The molecule has 1 saturated heterocycles. The quantitative estimate of drug-likeness (QED) is 0.801. The molecule has 0 amide bonds. The minimum absolute atomic E-state index is 0.392. The Morgan fingerprint density at radius 2 is 1.82 bits per heavy atom. The fourth-order valence-corrected chi connectivity index (χ4v) is 4.46. The smallest absolute Gasteiger partial charge is 0.0278 e. The molecule has 0 bridgehead atoms. The molecule has 100 valence electrons. The van der Waals surface area contributed by atoms with Gasteiger partial charge in [0, 0.05) is 24.2 Å². The van der Waals surface area contributed by atoms with Crippen LogP contribution in [0.15, 0.2) is 0 Å². The van der Waals surface area contributed by atoms with E-state index in [9.17, 15) is 0 Å². The van der Waals surface area contributed by atoms with Gasteiger partial charge in [0.1, 0.15) is 0 Å². The molecule has 2 N–H and O–H groups in total. The monoisotopic (exact) mass is 238 g/mol. The van der Waals surface area contributed by atoms with Gasteiger partial charge in [0.25, 0.3) is 0 Å². The summed E-state index contributed by atoms with van der Waals surface area (Å²) in [5.41, 5.74) is 6.48. The third kappa shape index (κ3) is 2.53. The van der Waals surface area contributed by atoms with Gasteiger partial charge in [-0.1, -0.05) is 20.8 Å². The molecule has 2 fully saturated rings. The van der Waals surface area contributed by atoms with Gasteiger partial charge in [-0.05, 0) is 50.9 Å². The second kappa shape index (κ2) is 5.27. The van der Waals surface area contributed by atoms with Crippen LogP contribution in [0.2, 0.25) is 0 Å². The van der Waals surface area contributed by atoms with E-state index in [2.05, 4.69) is 32.6 Å². The van der Waals surface area contributed by atoms with Crippen molar-refractivity contribution in [3.8, 4) is 0 Å². The van der Waals surface area contributed by atoms with Crippen molar-refractivity contribution >= 4 is 0 Å². The predicted molar refractivity (Wildman–Crippen MR) is 73.9 cm³/mol. The summed E-state index contributed by atoms with van der Waals surface area (Å²) >= 11 is 0. The highest BCUT2D eigenvalue weighted by molar-refractivity contribution is 4.98. The summed E-state index contributed by atoms with van der Waals surface area (Å²) in [5, 5.41) is 0. The molecule has 1 aliphatic heterocycles. The summed E-state index contributed by atoms with van der Waals surface area (Å²) in [6, 6.07) is 2.56. The summed E-state index contributed by atoms with van der Waals surface area (Å²) < 4.78 is 0. The molecule has 0 aromatic rings. The average molecular weight is 238 g/mol. The lowest BCUT2D eigenvalue weighted by Crippen LogP contribution is -2.57. The average Bonchev–Trinajstić information content (AvgIpc) is 2.59. The third-order valence-corrected chi connectivity index (χ3v) is 5.13. The van der Waals surface area contributed by atoms with Gasteiger partial charge in [-0.15, -0.1) is 0 Å². The summed E-state index contributed by atoms with van der Waals surface area (Å²) in [6.45, 7) is 9.50. The molecular formula is C15H30N2. The molecule has 2 heteroatoms. The van der Waals surface area contributed by atoms with Crippen LogP contribution in [-0.4, -0.2) is 29.1 Å². The summed E-state index contributed by atoms with van der Waals surface area (Å²) in [5.74, 6) is 1.58. The molecule has 2 nitrogen and oxygen atoms in total. The van der Waals surface area contributed by atoms with Gasteiger partial charge < -0.3 is 5.73 Å². The highest BCUT2D eigenvalue weighted by Crippen LogP contribution is 2.38. The second-order valence-electron chi connectivity index (χ2n) is 6.64. The molecule has 1 saturated carbocycles. The summed E-state index contributed by atoms with van der Waals surface area (Å²) in [6.07, 6.45) is 6.61. The Hall–Kier alpha value is -0.0800. The summed E-state index contributed by atoms with van der Waals surface area (Å²) in [7, 11) is 0. The van der Waals surface area contributed by atoms with E-state index in [-0.39, 0.29) is 0 Å². The van der Waals surface area contributed by atoms with Crippen LogP contribution >= 0.6 is 0 Å². The maximum atomic E-state index is 6.48. The van der Waals surface area contributed by atoms with E-state index in [1.54, 1.807) is 0 Å². The largest absolute Gasteiger partial charge is 0.326 e. The van der Waals surface area contributed by atoms with E-state index in [4.69, 9.17) is 5.73 Å². The molecule has 1 heterocycles. The molecule has 0 aromatic heterocycles. The first-order valence-corrected chi connectivity index (χ1v) is 7.57. The lowest BCUT2D eigenvalue weighted by atomic mass is 9.75. The van der Waals surface area contributed by atoms with Crippen LogP contribution < -0.4 is 5.73 Å². The standard InChI is InChI=1S/C15H30N2/c1-5-13-7-6-12(4)17(13)15-11(3)8-10(2)9-14(15)16/h10-15H,5-9,16H2,1-4H3. The van der Waals surface area contributed by atoms with Crippen LogP contribution in [0.5, 0.6) is 0 Å². The molecule has 0 spiro atoms. The second-order valence-corrected chi connectivity index (χ2v) is 6.64. The minimum Gasteiger partial charge on any atom is -0.326 e. The van der Waals surface area contributed by atoms with Gasteiger partial charge in [-0.3, -0.25) is 4.90 Å². The molecule has 0 radical (unpaired) electrons. The van der Waals surface area contributed by atoms with E-state index >= 15 is 0 Å². The molecule has 2 aliphatic rings. The lowest BCUT2D eigenvalue weighted by Gasteiger charge is -2.47. The zero-order valence-electron chi connectivity index (χ0n) is 12.0. The number of hydrogen-bond acceptors (Lipinski definition) is 2. The molecule has 6 unspecified atom stereocenters. The fourth-order valence-electron chi connectivity index (χ4n) is 4.46. The van der Waals surface area contributed by atoms with Crippen LogP contribution in [0.1, 0.15) is 59.8 Å². The number of nitrogens with zero attached hydrogens (tertiary/aromatic N) is 1. The van der Waals surface area contributed by atoms with Crippen LogP contribution in [0, 0.1) is 11.8 Å². The van der Waals surface area contributed by atoms with E-state index < -0.39 is 0 Å². The minimum atomic E-state index is 0.392. The van der Waals surface area contributed by atoms with Crippen molar-refractivity contribution in [2.24, 2.45) is 17.6 Å². The Kier molecular flexibility index (Phi) is 4.14. The van der Waals surface area contributed by atoms with Gasteiger partial charge in [-0.2, -0.15) is 0 Å². The first kappa shape index (κ1) is 13.4. The SMILES string of the molecule is CCC1CCC(C)N1C1C(C)CC(C)CC1N. The van der Waals surface area contributed by atoms with Crippen LogP contribution in [0.4, 0.5) is 0 Å². The molecule has 1 aliphatic carbocycles. The lowest BCUT2D eigenvalue weighted by molar-refractivity contribution is 0.0399. The molecule has 6 atom stereocenters. The van der Waals surface area contributed by atoms with Gasteiger partial charge in [0.15, 0.2) is 0 Å². The summed E-state index contributed by atoms with van der Waals surface area (Å²) in [4.78, 5) is 2.78. The van der Waals surface area contributed by atoms with Crippen molar-refractivity contribution in [1.29, 1.82) is 0 Å². The van der Waals surface area contributed by atoms with Crippen molar-refractivity contribution in [1.82, 2.24) is 4.90 Å². The molecule has 17 heavy (non-hydrogen) atoms. The van der Waals surface area contributed by atoms with Crippen molar-refractivity contribution in [2.45, 2.75) is 84.0 Å². The number of nitrogens with two attached hydrogens (primary N) is 1. The first-order chi connectivity index (χ1) is 8.04. The fraction of sp³-hybridized carbons (Fsp3) is 1.00. The van der Waals surface area contributed by atoms with Gasteiger partial charge in [0.05, 0.1) is 0 Å². The van der Waals surface area contributed by atoms with Gasteiger partial charge in [0.2, 0.25) is 0 Å². The van der Waals surface area contributed by atoms with Crippen molar-refractivity contribution in [2.75, 3.05) is 0 Å². The van der Waals surface area contributed by atoms with Crippen molar-refractivity contribution < 1.29 is 0 Å². The zero-order valence-corrected chi connectivity index (χ0v) is 12.0. The van der Waals surface area contributed by atoms with Gasteiger partial charge in [-0.25, -0.2) is 0 Å². The van der Waals surface area contributed by atoms with Crippen molar-refractivity contribution in [3.05, 3.63) is 0 Å². The van der Waals surface area contributed by atoms with E-state index in [1.807, 2.05) is 0 Å². The molecular weight excluding hydrogens is 208 g/mol. The number of likely N-dealkylation sites (tertiary alicyclic amines) is 1. The van der Waals surface area contributed by atoms with Crippen LogP contribution in [0.25, 0.3) is 0 Å². The Morgan fingerprint density at radius 1 is 1.12 bits per heavy atom. The van der Waals surface area contributed by atoms with E-state index in [0.717, 1.165) is 23.9 Å². The highest BCUT2D eigenvalue weighted by Gasteiger charge is 2.42. The number of hydrogen-bond donors (Lipinski definition) is 1. The first-order valence-electron chi connectivity index (χ1n) is 7.57. The van der Waals surface area contributed by atoms with Crippen LogP contribution in [-0.2, 0) is 0 Å². The maximum absolute atomic E-state index is 6.48. The zero-order chi connectivity index (χ0) is 12.6. The predicted octanol–water partition coefficient (Wildman–Crippen LogP) is 3.01. The van der Waals surface area contributed by atoms with Crippen molar-refractivity contribution in [3.63, 3.8) is 0 Å². The third-order valence-electron chi connectivity index (χ3n) is 5.13. The van der Waals surface area contributed by atoms with Crippen LogP contribution in [0.3, 0.4) is 0 Å². The maximum Gasteiger partial charge on any atom is 0.0278 e.